The normalized spacial score (nSPS) is 20.8. The summed E-state index contributed by atoms with van der Waals surface area (Å²) in [4.78, 5) is 0. The Hall–Kier alpha value is -0.580. The molecule has 3 nitrogen and oxygen atoms in total. The van der Waals surface area contributed by atoms with Crippen LogP contribution in [0.1, 0.15) is 24.8 Å². The van der Waals surface area contributed by atoms with Gasteiger partial charge >= 0.3 is 0 Å². The van der Waals surface area contributed by atoms with Crippen LogP contribution in [0.3, 0.4) is 0 Å². The van der Waals surface area contributed by atoms with Crippen molar-refractivity contribution < 1.29 is 14.6 Å². The van der Waals surface area contributed by atoms with Crippen LogP contribution in [0.15, 0.2) is 22.7 Å². The van der Waals surface area contributed by atoms with Crippen LogP contribution in [0, 0.1) is 0 Å². The maximum Gasteiger partial charge on any atom is 0.199 e. The summed E-state index contributed by atoms with van der Waals surface area (Å²) in [6, 6.07) is 5.60. The predicted octanol–water partition coefficient (Wildman–Crippen LogP) is 2.85. The van der Waals surface area contributed by atoms with Gasteiger partial charge in [0.15, 0.2) is 6.29 Å². The topological polar surface area (TPSA) is 38.7 Å². The van der Waals surface area contributed by atoms with E-state index in [9.17, 15) is 5.11 Å². The summed E-state index contributed by atoms with van der Waals surface area (Å²) in [6.45, 7) is 0.739. The van der Waals surface area contributed by atoms with E-state index in [0.717, 1.165) is 35.9 Å². The number of aliphatic hydroxyl groups is 1. The minimum absolute atomic E-state index is 0.0185. The number of rotatable bonds is 3. The van der Waals surface area contributed by atoms with Gasteiger partial charge in [0, 0.05) is 16.5 Å². The average molecular weight is 287 g/mol. The molecular weight excluding hydrogens is 272 g/mol. The van der Waals surface area contributed by atoms with Crippen LogP contribution in [0.2, 0.25) is 0 Å². The van der Waals surface area contributed by atoms with Gasteiger partial charge < -0.3 is 14.6 Å². The van der Waals surface area contributed by atoms with E-state index in [0.29, 0.717) is 5.75 Å². The van der Waals surface area contributed by atoms with Crippen molar-refractivity contribution in [1.82, 2.24) is 0 Å². The van der Waals surface area contributed by atoms with Gasteiger partial charge in [-0.1, -0.05) is 22.0 Å². The van der Waals surface area contributed by atoms with Gasteiger partial charge in [0.2, 0.25) is 0 Å². The highest BCUT2D eigenvalue weighted by molar-refractivity contribution is 9.10. The lowest BCUT2D eigenvalue weighted by atomic mass is 10.2. The third kappa shape index (κ3) is 2.97. The molecule has 0 saturated carbocycles. The van der Waals surface area contributed by atoms with Crippen molar-refractivity contribution in [1.29, 1.82) is 0 Å². The Morgan fingerprint density at radius 1 is 1.44 bits per heavy atom. The smallest absolute Gasteiger partial charge is 0.199 e. The van der Waals surface area contributed by atoms with Gasteiger partial charge in [0.05, 0.1) is 13.2 Å². The number of hydrogen-bond donors (Lipinski definition) is 1. The Kier molecular flexibility index (Phi) is 4.21. The SMILES string of the molecule is OCc1ccc(Br)cc1OC1CCCCO1. The fourth-order valence-corrected chi connectivity index (χ4v) is 2.05. The summed E-state index contributed by atoms with van der Waals surface area (Å²) in [6.07, 6.45) is 2.98. The molecule has 0 bridgehead atoms. The lowest BCUT2D eigenvalue weighted by Gasteiger charge is -2.24. The Balaban J connectivity index is 2.09. The number of hydrogen-bond acceptors (Lipinski definition) is 3. The molecule has 1 aromatic carbocycles. The zero-order valence-corrected chi connectivity index (χ0v) is 10.6. The van der Waals surface area contributed by atoms with Gasteiger partial charge in [-0.15, -0.1) is 0 Å². The third-order valence-corrected chi connectivity index (χ3v) is 3.09. The van der Waals surface area contributed by atoms with Crippen molar-refractivity contribution in [2.24, 2.45) is 0 Å². The van der Waals surface area contributed by atoms with Crippen LogP contribution < -0.4 is 4.74 Å². The van der Waals surface area contributed by atoms with Crippen LogP contribution in [-0.4, -0.2) is 18.0 Å². The van der Waals surface area contributed by atoms with Crippen molar-refractivity contribution in [2.45, 2.75) is 32.2 Å². The average Bonchev–Trinajstić information content (AvgIpc) is 2.31. The molecule has 1 N–H and O–H groups in total. The second-order valence-corrected chi connectivity index (χ2v) is 4.74. The highest BCUT2D eigenvalue weighted by Crippen LogP contribution is 2.26. The van der Waals surface area contributed by atoms with Crippen LogP contribution in [0.5, 0.6) is 5.75 Å². The molecular formula is C12H15BrO3. The number of aliphatic hydroxyl groups excluding tert-OH is 1. The van der Waals surface area contributed by atoms with Crippen LogP contribution in [0.4, 0.5) is 0 Å². The van der Waals surface area contributed by atoms with Crippen LogP contribution >= 0.6 is 15.9 Å². The molecule has 0 aliphatic carbocycles. The van der Waals surface area contributed by atoms with E-state index in [1.54, 1.807) is 0 Å². The molecule has 1 aliphatic heterocycles. The van der Waals surface area contributed by atoms with Gasteiger partial charge in [-0.25, -0.2) is 0 Å². The Bertz CT molecular complexity index is 348. The molecule has 2 rings (SSSR count). The number of halogens is 1. The molecule has 1 aromatic rings. The molecule has 4 heteroatoms. The van der Waals surface area contributed by atoms with Gasteiger partial charge in [-0.3, -0.25) is 0 Å². The maximum atomic E-state index is 9.20. The zero-order valence-electron chi connectivity index (χ0n) is 8.99. The van der Waals surface area contributed by atoms with Crippen molar-refractivity contribution in [2.75, 3.05) is 6.61 Å². The molecule has 1 fully saturated rings. The Labute approximate surface area is 104 Å². The van der Waals surface area contributed by atoms with Crippen molar-refractivity contribution in [3.8, 4) is 5.75 Å². The molecule has 1 saturated heterocycles. The lowest BCUT2D eigenvalue weighted by Crippen LogP contribution is -2.25. The molecule has 1 atom stereocenters. The first kappa shape index (κ1) is 11.9. The molecule has 0 aromatic heterocycles. The van der Waals surface area contributed by atoms with E-state index in [4.69, 9.17) is 9.47 Å². The summed E-state index contributed by atoms with van der Waals surface area (Å²) in [5.74, 6) is 0.698. The monoisotopic (exact) mass is 286 g/mol. The molecule has 0 spiro atoms. The predicted molar refractivity (Wildman–Crippen MR) is 64.3 cm³/mol. The quantitative estimate of drug-likeness (QED) is 0.929. The van der Waals surface area contributed by atoms with Crippen LogP contribution in [-0.2, 0) is 11.3 Å². The van der Waals surface area contributed by atoms with Crippen molar-refractivity contribution >= 4 is 15.9 Å². The van der Waals surface area contributed by atoms with E-state index < -0.39 is 0 Å². The van der Waals surface area contributed by atoms with E-state index in [1.165, 1.54) is 0 Å². The zero-order chi connectivity index (χ0) is 11.4. The van der Waals surface area contributed by atoms with Crippen LogP contribution in [0.25, 0.3) is 0 Å². The van der Waals surface area contributed by atoms with Gasteiger partial charge in [-0.05, 0) is 25.0 Å². The fourth-order valence-electron chi connectivity index (χ4n) is 1.71. The molecule has 1 heterocycles. The standard InChI is InChI=1S/C12H15BrO3/c13-10-5-4-9(8-14)11(7-10)16-12-3-1-2-6-15-12/h4-5,7,12,14H,1-3,6,8H2. The highest BCUT2D eigenvalue weighted by Gasteiger charge is 2.16. The minimum atomic E-state index is -0.173. The van der Waals surface area contributed by atoms with Gasteiger partial charge in [0.1, 0.15) is 5.75 Å². The van der Waals surface area contributed by atoms with E-state index in [2.05, 4.69) is 15.9 Å². The molecule has 88 valence electrons. The number of ether oxygens (including phenoxy) is 2. The first-order valence-corrected chi connectivity index (χ1v) is 6.26. The number of benzene rings is 1. The summed E-state index contributed by atoms with van der Waals surface area (Å²) < 4.78 is 12.2. The fraction of sp³-hybridized carbons (Fsp3) is 0.500. The summed E-state index contributed by atoms with van der Waals surface area (Å²) >= 11 is 3.39. The second-order valence-electron chi connectivity index (χ2n) is 3.82. The molecule has 16 heavy (non-hydrogen) atoms. The summed E-state index contributed by atoms with van der Waals surface area (Å²) in [7, 11) is 0. The third-order valence-electron chi connectivity index (χ3n) is 2.60. The Morgan fingerprint density at radius 2 is 2.31 bits per heavy atom. The maximum absolute atomic E-state index is 9.20. The van der Waals surface area contributed by atoms with E-state index >= 15 is 0 Å². The highest BCUT2D eigenvalue weighted by atomic mass is 79.9. The molecule has 0 amide bonds. The van der Waals surface area contributed by atoms with E-state index in [1.807, 2.05) is 18.2 Å². The largest absolute Gasteiger partial charge is 0.465 e. The molecule has 1 aliphatic rings. The molecule has 0 radical (unpaired) electrons. The summed E-state index contributed by atoms with van der Waals surface area (Å²) in [5, 5.41) is 9.20. The van der Waals surface area contributed by atoms with Crippen molar-refractivity contribution in [3.05, 3.63) is 28.2 Å². The molecule has 1 unspecified atom stereocenters. The first-order valence-electron chi connectivity index (χ1n) is 5.47. The second kappa shape index (κ2) is 5.66. The first-order chi connectivity index (χ1) is 7.79. The minimum Gasteiger partial charge on any atom is -0.465 e. The van der Waals surface area contributed by atoms with Crippen molar-refractivity contribution in [3.63, 3.8) is 0 Å². The summed E-state index contributed by atoms with van der Waals surface area (Å²) in [5.41, 5.74) is 0.789. The lowest BCUT2D eigenvalue weighted by molar-refractivity contribution is -0.106. The van der Waals surface area contributed by atoms with E-state index in [-0.39, 0.29) is 12.9 Å². The van der Waals surface area contributed by atoms with Gasteiger partial charge in [-0.2, -0.15) is 0 Å². The Morgan fingerprint density at radius 3 is 3.00 bits per heavy atom. The van der Waals surface area contributed by atoms with Gasteiger partial charge in [0.25, 0.3) is 0 Å².